The third-order valence-electron chi connectivity index (χ3n) is 10.0. The number of carboxylic acid groups (broad SMARTS) is 1. The smallest absolute Gasteiger partial charge is 0.322 e. The fourth-order valence-electron chi connectivity index (χ4n) is 5.90. The second-order valence-corrected chi connectivity index (χ2v) is 19.0. The SMILES string of the molecule is CSCCC(N)C(=O)NC(C)C(=O)NC(CO)C(=O)NC(CCSC)C(=O)NC(C(=O)NCC(=O)NCC(=O)NC(CCC(N)=O)C(=O)NC(CCC(N)=O)C(=O)NC(CCSC)C(=O)NCC(=O)O)C(C)O. The molecule has 32 heteroatoms. The van der Waals surface area contributed by atoms with Gasteiger partial charge in [-0.25, -0.2) is 0 Å². The molecular weight excluding hydrogens is 1030 g/mol. The number of carbonyl (C=O) groups is 13. The van der Waals surface area contributed by atoms with E-state index in [2.05, 4.69) is 53.2 Å². The highest BCUT2D eigenvalue weighted by Crippen LogP contribution is 2.08. The summed E-state index contributed by atoms with van der Waals surface area (Å²) in [4.78, 5) is 164. The van der Waals surface area contributed by atoms with Crippen molar-refractivity contribution in [1.29, 1.82) is 0 Å². The molecule has 0 aromatic rings. The predicted molar refractivity (Wildman–Crippen MR) is 268 cm³/mol. The van der Waals surface area contributed by atoms with E-state index in [1.54, 1.807) is 12.5 Å². The van der Waals surface area contributed by atoms with Gasteiger partial charge >= 0.3 is 5.97 Å². The minimum Gasteiger partial charge on any atom is -0.480 e. The molecule has 0 aromatic carbocycles. The number of carboxylic acids is 1. The van der Waals surface area contributed by atoms with E-state index in [1.165, 1.54) is 42.2 Å². The van der Waals surface area contributed by atoms with E-state index in [4.69, 9.17) is 22.3 Å². The lowest BCUT2D eigenvalue weighted by Crippen LogP contribution is -2.60. The first-order valence-corrected chi connectivity index (χ1v) is 26.7. The van der Waals surface area contributed by atoms with Gasteiger partial charge in [-0.1, -0.05) is 0 Å². The van der Waals surface area contributed by atoms with Gasteiger partial charge < -0.3 is 85.7 Å². The molecule has 0 radical (unpaired) electrons. The van der Waals surface area contributed by atoms with Crippen molar-refractivity contribution in [2.45, 2.75) is 113 Å². The monoisotopic (exact) mass is 1100 g/mol. The van der Waals surface area contributed by atoms with Gasteiger partial charge in [0.25, 0.3) is 0 Å². The van der Waals surface area contributed by atoms with Crippen LogP contribution >= 0.6 is 35.3 Å². The first-order chi connectivity index (χ1) is 34.3. The molecule has 414 valence electrons. The molecule has 0 aliphatic rings. The van der Waals surface area contributed by atoms with Crippen molar-refractivity contribution in [3.8, 4) is 0 Å². The van der Waals surface area contributed by atoms with E-state index >= 15 is 0 Å². The Labute approximate surface area is 434 Å². The van der Waals surface area contributed by atoms with Gasteiger partial charge in [0.05, 0.1) is 31.8 Å². The summed E-state index contributed by atoms with van der Waals surface area (Å²) in [5.74, 6) is -11.3. The molecule has 0 spiro atoms. The molecule has 0 fully saturated rings. The molecule has 0 saturated heterocycles. The average molecular weight is 1100 g/mol. The van der Waals surface area contributed by atoms with Crippen LogP contribution < -0.4 is 70.4 Å². The predicted octanol–water partition coefficient (Wildman–Crippen LogP) is -7.68. The fourth-order valence-corrected chi connectivity index (χ4v) is 7.33. The summed E-state index contributed by atoms with van der Waals surface area (Å²) in [6, 6.07) is -11.1. The number of aliphatic hydroxyl groups is 2. The molecule has 0 rings (SSSR count). The molecule has 0 aliphatic heterocycles. The Hall–Kier alpha value is -5.96. The van der Waals surface area contributed by atoms with Crippen molar-refractivity contribution >= 4 is 112 Å². The molecule has 19 N–H and O–H groups in total. The summed E-state index contributed by atoms with van der Waals surface area (Å²) in [7, 11) is 0. The van der Waals surface area contributed by atoms with Gasteiger partial charge in [0.2, 0.25) is 70.9 Å². The van der Waals surface area contributed by atoms with Crippen LogP contribution in [0.3, 0.4) is 0 Å². The van der Waals surface area contributed by atoms with Gasteiger partial charge in [-0.15, -0.1) is 0 Å². The summed E-state index contributed by atoms with van der Waals surface area (Å²) >= 11 is 4.08. The number of nitrogens with one attached hydrogen (secondary N) is 10. The topological polar surface area (TPSA) is 481 Å². The summed E-state index contributed by atoms with van der Waals surface area (Å²) in [6.45, 7) is -0.852. The Kier molecular flexibility index (Phi) is 33.9. The fraction of sp³-hybridized carbons (Fsp3) is 0.683. The van der Waals surface area contributed by atoms with Gasteiger partial charge in [0.1, 0.15) is 48.8 Å². The normalized spacial score (nSPS) is 14.5. The summed E-state index contributed by atoms with van der Waals surface area (Å²) in [5.41, 5.74) is 16.4. The summed E-state index contributed by atoms with van der Waals surface area (Å²) in [5, 5.41) is 52.2. The van der Waals surface area contributed by atoms with Crippen molar-refractivity contribution < 1.29 is 77.6 Å². The third kappa shape index (κ3) is 28.8. The Bertz CT molecular complexity index is 1920. The molecule has 0 aromatic heterocycles. The van der Waals surface area contributed by atoms with E-state index in [0.29, 0.717) is 17.9 Å². The molecule has 9 atom stereocenters. The van der Waals surface area contributed by atoms with Crippen molar-refractivity contribution in [2.75, 3.05) is 62.3 Å². The van der Waals surface area contributed by atoms with Gasteiger partial charge in [0.15, 0.2) is 0 Å². The Balaban J connectivity index is 5.79. The van der Waals surface area contributed by atoms with Gasteiger partial charge in [-0.05, 0) is 82.0 Å². The number of amides is 12. The highest BCUT2D eigenvalue weighted by atomic mass is 32.2. The zero-order chi connectivity index (χ0) is 55.8. The van der Waals surface area contributed by atoms with E-state index in [0.717, 1.165) is 6.92 Å². The number of aliphatic hydroxyl groups excluding tert-OH is 2. The van der Waals surface area contributed by atoms with Crippen molar-refractivity contribution in [3.63, 3.8) is 0 Å². The van der Waals surface area contributed by atoms with Crippen LogP contribution in [-0.4, -0.2) is 209 Å². The van der Waals surface area contributed by atoms with Crippen molar-refractivity contribution in [1.82, 2.24) is 53.2 Å². The maximum absolute atomic E-state index is 13.5. The highest BCUT2D eigenvalue weighted by molar-refractivity contribution is 7.98. The molecule has 0 saturated carbocycles. The molecular formula is C41H71N13O16S3. The molecule has 0 heterocycles. The van der Waals surface area contributed by atoms with Crippen molar-refractivity contribution in [2.24, 2.45) is 17.2 Å². The van der Waals surface area contributed by atoms with Crippen LogP contribution in [0.1, 0.15) is 58.8 Å². The molecule has 0 aliphatic carbocycles. The Morgan fingerprint density at radius 1 is 0.466 bits per heavy atom. The van der Waals surface area contributed by atoms with Crippen LogP contribution in [0, 0.1) is 0 Å². The van der Waals surface area contributed by atoms with E-state index in [1.807, 2.05) is 6.26 Å². The third-order valence-corrected chi connectivity index (χ3v) is 11.9. The van der Waals surface area contributed by atoms with E-state index in [9.17, 15) is 72.5 Å². The number of primary amides is 2. The molecule has 73 heavy (non-hydrogen) atoms. The minimum atomic E-state index is -1.72. The molecule has 0 bridgehead atoms. The number of hydrogen-bond donors (Lipinski definition) is 16. The average Bonchev–Trinajstić information content (AvgIpc) is 3.33. The Morgan fingerprint density at radius 2 is 0.877 bits per heavy atom. The second kappa shape index (κ2) is 36.9. The lowest BCUT2D eigenvalue weighted by atomic mass is 10.1. The summed E-state index contributed by atoms with van der Waals surface area (Å²) < 4.78 is 0. The molecule has 9 unspecified atom stereocenters. The zero-order valence-electron chi connectivity index (χ0n) is 41.2. The van der Waals surface area contributed by atoms with Crippen LogP contribution in [0.4, 0.5) is 0 Å². The maximum atomic E-state index is 13.5. The highest BCUT2D eigenvalue weighted by Gasteiger charge is 2.34. The van der Waals surface area contributed by atoms with E-state index in [-0.39, 0.29) is 18.6 Å². The van der Waals surface area contributed by atoms with E-state index < -0.39 is 183 Å². The van der Waals surface area contributed by atoms with Gasteiger partial charge in [-0.2, -0.15) is 35.3 Å². The van der Waals surface area contributed by atoms with Crippen LogP contribution in [0.25, 0.3) is 0 Å². The number of thioether (sulfide) groups is 3. The number of aliphatic carboxylic acids is 1. The number of carbonyl (C=O) groups excluding carboxylic acids is 12. The number of rotatable bonds is 38. The first kappa shape index (κ1) is 67.0. The zero-order valence-corrected chi connectivity index (χ0v) is 43.7. The minimum absolute atomic E-state index is 0.0311. The number of hydrogen-bond acceptors (Lipinski definition) is 19. The quantitative estimate of drug-likeness (QED) is 0.0273. The van der Waals surface area contributed by atoms with Crippen LogP contribution in [0.2, 0.25) is 0 Å². The van der Waals surface area contributed by atoms with Crippen LogP contribution in [-0.2, 0) is 62.3 Å². The Morgan fingerprint density at radius 3 is 1.34 bits per heavy atom. The first-order valence-electron chi connectivity index (χ1n) is 22.5. The van der Waals surface area contributed by atoms with Crippen LogP contribution in [0.15, 0.2) is 0 Å². The second-order valence-electron chi connectivity index (χ2n) is 16.1. The largest absolute Gasteiger partial charge is 0.480 e. The lowest BCUT2D eigenvalue weighted by molar-refractivity contribution is -0.138. The summed E-state index contributed by atoms with van der Waals surface area (Å²) in [6.07, 6.45) is 2.31. The lowest BCUT2D eigenvalue weighted by Gasteiger charge is -2.26. The van der Waals surface area contributed by atoms with Gasteiger partial charge in [-0.3, -0.25) is 62.3 Å². The number of nitrogens with two attached hydrogens (primary N) is 3. The molecule has 12 amide bonds. The van der Waals surface area contributed by atoms with Gasteiger partial charge in [0, 0.05) is 12.8 Å². The maximum Gasteiger partial charge on any atom is 0.322 e. The van der Waals surface area contributed by atoms with Crippen molar-refractivity contribution in [3.05, 3.63) is 0 Å². The molecule has 29 nitrogen and oxygen atoms in total. The van der Waals surface area contributed by atoms with Crippen LogP contribution in [0.5, 0.6) is 0 Å². The standard InChI is InChI=1S/C41H71N13O16S3/c1-20(48-35(64)22(42)10-13-71-3)34(63)53-27(19-55)40(69)52-26(12-15-73-5)39(68)54-33(21(2)56)41(70)46-16-30(59)45-17-31(60)49-23(6-8-28(43)57)37(66)50-24(7-9-29(44)58)38(67)51-25(11-14-72-4)36(65)47-18-32(61)62/h20-27,33,55-56H,6-19,42H2,1-5H3,(H2,43,57)(H2,44,58)(H,45,59)(H,46,70)(H,47,65)(H,48,64)(H,49,60)(H,50,66)(H,51,67)(H,52,69)(H,53,63)(H,54,68)(H,61,62).